The van der Waals surface area contributed by atoms with Gasteiger partial charge in [0, 0.05) is 38.2 Å². The summed E-state index contributed by atoms with van der Waals surface area (Å²) in [5.74, 6) is 4.08. The van der Waals surface area contributed by atoms with Gasteiger partial charge >= 0.3 is 0 Å². The number of anilines is 1. The second-order valence-corrected chi connectivity index (χ2v) is 12.8. The third kappa shape index (κ3) is 4.52. The number of ether oxygens (including phenoxy) is 1. The van der Waals surface area contributed by atoms with Gasteiger partial charge in [0.05, 0.1) is 29.8 Å². The molecule has 0 radical (unpaired) electrons. The minimum Gasteiger partial charge on any atom is -0.381 e. The first-order chi connectivity index (χ1) is 15.4. The molecule has 0 bridgehead atoms. The maximum atomic E-state index is 12.2. The van der Waals surface area contributed by atoms with E-state index in [9.17, 15) is 8.42 Å². The Morgan fingerprint density at radius 3 is 2.44 bits per heavy atom. The molecular formula is C23H35ClN4O3S. The van der Waals surface area contributed by atoms with Crippen LogP contribution in [0, 0.1) is 29.1 Å². The zero-order chi connectivity index (χ0) is 22.3. The topological polar surface area (TPSA) is 75.6 Å². The van der Waals surface area contributed by atoms with E-state index < -0.39 is 10.0 Å². The number of hydrogen-bond acceptors (Lipinski definition) is 6. The predicted octanol–water partition coefficient (Wildman–Crippen LogP) is 3.45. The van der Waals surface area contributed by atoms with Crippen molar-refractivity contribution in [2.45, 2.75) is 45.4 Å². The Labute approximate surface area is 196 Å². The van der Waals surface area contributed by atoms with E-state index in [0.29, 0.717) is 35.9 Å². The van der Waals surface area contributed by atoms with Crippen molar-refractivity contribution >= 4 is 27.6 Å². The maximum absolute atomic E-state index is 12.2. The molecule has 4 fully saturated rings. The molecule has 0 spiro atoms. The lowest BCUT2D eigenvalue weighted by Crippen LogP contribution is -2.40. The molecule has 0 amide bonds. The fourth-order valence-corrected chi connectivity index (χ4v) is 7.85. The molecule has 0 N–H and O–H groups in total. The van der Waals surface area contributed by atoms with E-state index in [-0.39, 0.29) is 5.75 Å². The van der Waals surface area contributed by atoms with Crippen molar-refractivity contribution in [2.75, 3.05) is 50.0 Å². The van der Waals surface area contributed by atoms with Crippen molar-refractivity contribution in [3.63, 3.8) is 0 Å². The molecule has 3 atom stereocenters. The van der Waals surface area contributed by atoms with E-state index >= 15 is 0 Å². The van der Waals surface area contributed by atoms with Crippen molar-refractivity contribution in [1.82, 2.24) is 14.3 Å². The van der Waals surface area contributed by atoms with E-state index in [1.165, 1.54) is 19.3 Å². The zero-order valence-electron chi connectivity index (χ0n) is 19.0. The van der Waals surface area contributed by atoms with E-state index in [1.807, 2.05) is 6.92 Å². The van der Waals surface area contributed by atoms with Crippen LogP contribution in [0.3, 0.4) is 0 Å². The molecule has 1 aromatic rings. The minimum absolute atomic E-state index is 0.269. The van der Waals surface area contributed by atoms with Crippen molar-refractivity contribution in [3.8, 4) is 0 Å². The Kier molecular flexibility index (Phi) is 6.42. The normalized spacial score (nSPS) is 31.5. The van der Waals surface area contributed by atoms with E-state index in [1.54, 1.807) is 16.7 Å². The number of fused-ring (bicyclic) bond motifs is 1. The summed E-state index contributed by atoms with van der Waals surface area (Å²) in [6, 6.07) is 0. The van der Waals surface area contributed by atoms with Crippen LogP contribution >= 0.6 is 11.6 Å². The van der Waals surface area contributed by atoms with Crippen LogP contribution in [-0.4, -0.2) is 67.8 Å². The molecule has 3 unspecified atom stereocenters. The van der Waals surface area contributed by atoms with Gasteiger partial charge in [-0.25, -0.2) is 22.7 Å². The van der Waals surface area contributed by atoms with Gasteiger partial charge in [0.25, 0.3) is 0 Å². The van der Waals surface area contributed by atoms with Gasteiger partial charge in [-0.1, -0.05) is 18.5 Å². The Hall–Kier alpha value is -0.960. The number of sulfonamides is 1. The average Bonchev–Trinajstić information content (AvgIpc) is 3.65. The van der Waals surface area contributed by atoms with Gasteiger partial charge in [-0.05, 0) is 62.2 Å². The summed E-state index contributed by atoms with van der Waals surface area (Å²) < 4.78 is 32.4. The first-order valence-corrected chi connectivity index (χ1v) is 14.2. The molecule has 4 aliphatic rings. The van der Waals surface area contributed by atoms with Gasteiger partial charge < -0.3 is 9.64 Å². The van der Waals surface area contributed by atoms with Crippen LogP contribution in [0.25, 0.3) is 0 Å². The number of aromatic nitrogens is 2. The van der Waals surface area contributed by atoms with E-state index in [2.05, 4.69) is 14.9 Å². The third-order valence-corrected chi connectivity index (χ3v) is 10.5. The molecule has 2 aliphatic heterocycles. The van der Waals surface area contributed by atoms with E-state index in [0.717, 1.165) is 62.8 Å². The van der Waals surface area contributed by atoms with Crippen LogP contribution in [0.5, 0.6) is 0 Å². The molecule has 2 saturated carbocycles. The molecule has 3 heterocycles. The number of halogens is 1. The summed E-state index contributed by atoms with van der Waals surface area (Å²) in [6.45, 7) is 6.96. The van der Waals surface area contributed by atoms with Crippen molar-refractivity contribution in [3.05, 3.63) is 17.4 Å². The Bertz CT molecular complexity index is 898. The Balaban J connectivity index is 1.02. The van der Waals surface area contributed by atoms with Crippen molar-refractivity contribution in [2.24, 2.45) is 29.1 Å². The smallest absolute Gasteiger partial charge is 0.225 e. The molecule has 0 aromatic carbocycles. The SMILES string of the molecule is CCCS(=O)(=O)N1CCC(COCC23CC2C3C2CCN(c3ncc(Cl)cn3)CC2)CC1. The van der Waals surface area contributed by atoms with Crippen LogP contribution < -0.4 is 4.90 Å². The van der Waals surface area contributed by atoms with Gasteiger partial charge in [-0.3, -0.25) is 0 Å². The van der Waals surface area contributed by atoms with Crippen LogP contribution in [-0.2, 0) is 14.8 Å². The standard InChI is InChI=1S/C23H35ClN4O3S/c1-2-11-32(29,30)28-9-3-17(4-10-28)15-31-16-23-12-20(23)21(23)18-5-7-27(8-6-18)22-25-13-19(24)14-26-22/h13-14,17-18,20-21H,2-12,15-16H2,1H3. The molecule has 1 aromatic heterocycles. The number of nitrogens with zero attached hydrogens (tertiary/aromatic N) is 4. The van der Waals surface area contributed by atoms with Gasteiger partial charge in [-0.2, -0.15) is 0 Å². The predicted molar refractivity (Wildman–Crippen MR) is 125 cm³/mol. The summed E-state index contributed by atoms with van der Waals surface area (Å²) in [5.41, 5.74) is 0.467. The third-order valence-electron chi connectivity index (χ3n) is 8.26. The maximum Gasteiger partial charge on any atom is 0.225 e. The van der Waals surface area contributed by atoms with Gasteiger partial charge in [0.2, 0.25) is 16.0 Å². The second kappa shape index (κ2) is 9.01. The van der Waals surface area contributed by atoms with E-state index in [4.69, 9.17) is 16.3 Å². The summed E-state index contributed by atoms with van der Waals surface area (Å²) in [5, 5.41) is 0.579. The minimum atomic E-state index is -3.05. The second-order valence-electron chi connectivity index (χ2n) is 10.3. The van der Waals surface area contributed by atoms with Gasteiger partial charge in [0.1, 0.15) is 0 Å². The fraction of sp³-hybridized carbons (Fsp3) is 0.826. The summed E-state index contributed by atoms with van der Waals surface area (Å²) in [6.07, 6.45) is 9.63. The molecule has 2 aliphatic carbocycles. The molecule has 5 rings (SSSR count). The number of piperidine rings is 2. The van der Waals surface area contributed by atoms with Gasteiger partial charge in [0.15, 0.2) is 0 Å². The van der Waals surface area contributed by atoms with Crippen LogP contribution in [0.2, 0.25) is 5.02 Å². The van der Waals surface area contributed by atoms with Crippen molar-refractivity contribution < 1.29 is 13.2 Å². The highest BCUT2D eigenvalue weighted by Crippen LogP contribution is 2.82. The van der Waals surface area contributed by atoms with Crippen LogP contribution in [0.1, 0.15) is 45.4 Å². The summed E-state index contributed by atoms with van der Waals surface area (Å²) >= 11 is 5.91. The lowest BCUT2D eigenvalue weighted by molar-refractivity contribution is 0.0519. The Morgan fingerprint density at radius 2 is 1.81 bits per heavy atom. The molecular weight excluding hydrogens is 448 g/mol. The summed E-state index contributed by atoms with van der Waals surface area (Å²) in [4.78, 5) is 11.0. The highest BCUT2D eigenvalue weighted by Gasteiger charge is 2.79. The molecule has 32 heavy (non-hydrogen) atoms. The first-order valence-electron chi connectivity index (χ1n) is 12.2. The highest BCUT2D eigenvalue weighted by molar-refractivity contribution is 7.89. The number of hydrogen-bond donors (Lipinski definition) is 0. The monoisotopic (exact) mass is 482 g/mol. The molecule has 7 nitrogen and oxygen atoms in total. The lowest BCUT2D eigenvalue weighted by Gasteiger charge is -2.34. The largest absolute Gasteiger partial charge is 0.381 e. The highest BCUT2D eigenvalue weighted by atomic mass is 35.5. The van der Waals surface area contributed by atoms with Crippen LogP contribution in [0.15, 0.2) is 12.4 Å². The van der Waals surface area contributed by atoms with Crippen LogP contribution in [0.4, 0.5) is 5.95 Å². The molecule has 9 heteroatoms. The Morgan fingerprint density at radius 1 is 1.12 bits per heavy atom. The number of rotatable bonds is 9. The lowest BCUT2D eigenvalue weighted by atomic mass is 9.84. The zero-order valence-corrected chi connectivity index (χ0v) is 20.5. The summed E-state index contributed by atoms with van der Waals surface area (Å²) in [7, 11) is -3.05. The van der Waals surface area contributed by atoms with Gasteiger partial charge in [-0.15, -0.1) is 0 Å². The first kappa shape index (κ1) is 22.8. The molecule has 178 valence electrons. The molecule has 2 saturated heterocycles. The fourth-order valence-electron chi connectivity index (χ4n) is 6.21. The average molecular weight is 483 g/mol. The quantitative estimate of drug-likeness (QED) is 0.536. The van der Waals surface area contributed by atoms with Crippen molar-refractivity contribution in [1.29, 1.82) is 0 Å².